The Balaban J connectivity index is 2.65. The number of ether oxygens (including phenoxy) is 1. The second-order valence-electron chi connectivity index (χ2n) is 4.16. The first kappa shape index (κ1) is 14.8. The highest BCUT2D eigenvalue weighted by molar-refractivity contribution is 7.92. The number of anilines is 2. The van der Waals surface area contributed by atoms with Crippen LogP contribution in [0, 0.1) is 0 Å². The lowest BCUT2D eigenvalue weighted by Crippen LogP contribution is -2.23. The third-order valence-corrected chi connectivity index (χ3v) is 3.03. The Morgan fingerprint density at radius 1 is 1.22 bits per heavy atom. The van der Waals surface area contributed by atoms with Gasteiger partial charge >= 0.3 is 0 Å². The van der Waals surface area contributed by atoms with Gasteiger partial charge in [0.1, 0.15) is 0 Å². The summed E-state index contributed by atoms with van der Waals surface area (Å²) in [5.41, 5.74) is 1.50. The smallest absolute Gasteiger partial charge is 0.229 e. The number of sulfonamides is 1. The molecule has 1 rings (SSSR count). The van der Waals surface area contributed by atoms with E-state index in [2.05, 4.69) is 17.0 Å². The summed E-state index contributed by atoms with van der Waals surface area (Å²) in [5, 5.41) is 3.32. The Morgan fingerprint density at radius 3 is 2.22 bits per heavy atom. The fourth-order valence-corrected chi connectivity index (χ4v) is 2.11. The third kappa shape index (κ3) is 5.37. The van der Waals surface area contributed by atoms with Gasteiger partial charge in [0.15, 0.2) is 0 Å². The average Bonchev–Trinajstić information content (AvgIpc) is 2.29. The van der Waals surface area contributed by atoms with Crippen molar-refractivity contribution in [3.63, 3.8) is 0 Å². The van der Waals surface area contributed by atoms with E-state index in [9.17, 15) is 8.42 Å². The van der Waals surface area contributed by atoms with Crippen LogP contribution in [0.4, 0.5) is 11.4 Å². The molecule has 18 heavy (non-hydrogen) atoms. The second-order valence-corrected chi connectivity index (χ2v) is 5.90. The van der Waals surface area contributed by atoms with Gasteiger partial charge < -0.3 is 10.1 Å². The summed E-state index contributed by atoms with van der Waals surface area (Å²) in [4.78, 5) is 0. The maximum absolute atomic E-state index is 11.1. The van der Waals surface area contributed by atoms with Gasteiger partial charge in [-0.1, -0.05) is 6.92 Å². The largest absolute Gasteiger partial charge is 0.383 e. The molecule has 2 N–H and O–H groups in total. The molecule has 5 nitrogen and oxygen atoms in total. The fraction of sp³-hybridized carbons (Fsp3) is 0.500. The minimum Gasteiger partial charge on any atom is -0.383 e. The van der Waals surface area contributed by atoms with Crippen LogP contribution < -0.4 is 10.0 Å². The molecule has 1 aromatic carbocycles. The molecule has 0 radical (unpaired) electrons. The van der Waals surface area contributed by atoms with Crippen molar-refractivity contribution in [2.24, 2.45) is 0 Å². The number of benzene rings is 1. The summed E-state index contributed by atoms with van der Waals surface area (Å²) in [6.07, 6.45) is 2.09. The molecule has 0 fully saturated rings. The van der Waals surface area contributed by atoms with Gasteiger partial charge in [0, 0.05) is 24.5 Å². The zero-order chi connectivity index (χ0) is 13.6. The van der Waals surface area contributed by atoms with E-state index in [4.69, 9.17) is 4.74 Å². The quantitative estimate of drug-likeness (QED) is 0.795. The first-order valence-electron chi connectivity index (χ1n) is 5.78. The molecular weight excluding hydrogens is 252 g/mol. The summed E-state index contributed by atoms with van der Waals surface area (Å²) in [6.45, 7) is 2.72. The summed E-state index contributed by atoms with van der Waals surface area (Å²) < 4.78 is 29.6. The van der Waals surface area contributed by atoms with Gasteiger partial charge in [-0.25, -0.2) is 8.42 Å². The molecule has 102 valence electrons. The molecule has 0 bridgehead atoms. The number of nitrogens with one attached hydrogen (secondary N) is 2. The minimum absolute atomic E-state index is 0.253. The van der Waals surface area contributed by atoms with Crippen LogP contribution in [0.2, 0.25) is 0 Å². The highest BCUT2D eigenvalue weighted by Crippen LogP contribution is 2.15. The zero-order valence-electron chi connectivity index (χ0n) is 10.9. The van der Waals surface area contributed by atoms with E-state index in [-0.39, 0.29) is 6.04 Å². The standard InChI is InChI=1S/C12H20N2O3S/c1-4-10(9-17-2)13-11-5-7-12(8-6-11)14-18(3,15)16/h5-8,10,13-14H,4,9H2,1-3H3. The maximum Gasteiger partial charge on any atom is 0.229 e. The van der Waals surface area contributed by atoms with Crippen LogP contribution in [0.25, 0.3) is 0 Å². The molecule has 0 aliphatic heterocycles. The summed E-state index contributed by atoms with van der Waals surface area (Å²) in [7, 11) is -1.55. The Hall–Kier alpha value is -1.27. The lowest BCUT2D eigenvalue weighted by molar-refractivity contribution is 0.184. The van der Waals surface area contributed by atoms with Crippen LogP contribution in [-0.2, 0) is 14.8 Å². The Labute approximate surface area is 109 Å². The van der Waals surface area contributed by atoms with Crippen molar-refractivity contribution in [2.45, 2.75) is 19.4 Å². The molecule has 0 heterocycles. The Kier molecular flexibility index (Phi) is 5.43. The maximum atomic E-state index is 11.1. The van der Waals surface area contributed by atoms with Gasteiger partial charge in [0.2, 0.25) is 10.0 Å². The molecule has 0 saturated heterocycles. The highest BCUT2D eigenvalue weighted by Gasteiger charge is 2.06. The van der Waals surface area contributed by atoms with Crippen molar-refractivity contribution in [2.75, 3.05) is 30.0 Å². The monoisotopic (exact) mass is 272 g/mol. The van der Waals surface area contributed by atoms with E-state index >= 15 is 0 Å². The highest BCUT2D eigenvalue weighted by atomic mass is 32.2. The van der Waals surface area contributed by atoms with Crippen molar-refractivity contribution in [1.82, 2.24) is 0 Å². The van der Waals surface area contributed by atoms with Gasteiger partial charge in [-0.05, 0) is 30.7 Å². The van der Waals surface area contributed by atoms with E-state index in [1.165, 1.54) is 0 Å². The molecule has 1 atom stereocenters. The molecule has 0 amide bonds. The van der Waals surface area contributed by atoms with E-state index in [1.54, 1.807) is 19.2 Å². The van der Waals surface area contributed by atoms with E-state index in [0.717, 1.165) is 18.4 Å². The lowest BCUT2D eigenvalue weighted by Gasteiger charge is -2.17. The van der Waals surface area contributed by atoms with Crippen molar-refractivity contribution in [3.05, 3.63) is 24.3 Å². The van der Waals surface area contributed by atoms with Crippen molar-refractivity contribution in [3.8, 4) is 0 Å². The van der Waals surface area contributed by atoms with Crippen LogP contribution in [0.15, 0.2) is 24.3 Å². The van der Waals surface area contributed by atoms with Gasteiger partial charge in [0.05, 0.1) is 12.9 Å². The SMILES string of the molecule is CCC(COC)Nc1ccc(NS(C)(=O)=O)cc1. The predicted octanol–water partition coefficient (Wildman–Crippen LogP) is 1.89. The molecular formula is C12H20N2O3S. The number of hydrogen-bond donors (Lipinski definition) is 2. The van der Waals surface area contributed by atoms with Crippen LogP contribution >= 0.6 is 0 Å². The van der Waals surface area contributed by atoms with E-state index in [0.29, 0.717) is 12.3 Å². The summed E-state index contributed by atoms with van der Waals surface area (Å²) in [6, 6.07) is 7.38. The number of methoxy groups -OCH3 is 1. The minimum atomic E-state index is -3.22. The molecule has 6 heteroatoms. The average molecular weight is 272 g/mol. The molecule has 0 saturated carbocycles. The lowest BCUT2D eigenvalue weighted by atomic mass is 10.2. The second kappa shape index (κ2) is 6.61. The zero-order valence-corrected chi connectivity index (χ0v) is 11.8. The first-order chi connectivity index (χ1) is 8.44. The first-order valence-corrected chi connectivity index (χ1v) is 7.67. The van der Waals surface area contributed by atoms with Crippen molar-refractivity contribution >= 4 is 21.4 Å². The number of hydrogen-bond acceptors (Lipinski definition) is 4. The van der Waals surface area contributed by atoms with E-state index < -0.39 is 10.0 Å². The van der Waals surface area contributed by atoms with Gasteiger partial charge in [-0.2, -0.15) is 0 Å². The fourth-order valence-electron chi connectivity index (χ4n) is 1.55. The molecule has 1 aromatic rings. The molecule has 1 unspecified atom stereocenters. The van der Waals surface area contributed by atoms with Crippen LogP contribution in [0.5, 0.6) is 0 Å². The molecule has 0 spiro atoms. The van der Waals surface area contributed by atoms with Gasteiger partial charge in [0.25, 0.3) is 0 Å². The third-order valence-electron chi connectivity index (χ3n) is 2.42. The summed E-state index contributed by atoms with van der Waals surface area (Å²) >= 11 is 0. The summed E-state index contributed by atoms with van der Waals surface area (Å²) in [5.74, 6) is 0. The molecule has 0 aliphatic carbocycles. The van der Waals surface area contributed by atoms with Crippen LogP contribution in [0.1, 0.15) is 13.3 Å². The Bertz CT molecular complexity index is 457. The molecule has 0 aromatic heterocycles. The number of rotatable bonds is 7. The van der Waals surface area contributed by atoms with E-state index in [1.807, 2.05) is 12.1 Å². The van der Waals surface area contributed by atoms with Gasteiger partial charge in [-0.3, -0.25) is 4.72 Å². The molecule has 0 aliphatic rings. The van der Waals surface area contributed by atoms with Crippen LogP contribution in [0.3, 0.4) is 0 Å². The van der Waals surface area contributed by atoms with Crippen molar-refractivity contribution < 1.29 is 13.2 Å². The normalized spacial score (nSPS) is 13.1. The van der Waals surface area contributed by atoms with Crippen LogP contribution in [-0.4, -0.2) is 34.4 Å². The van der Waals surface area contributed by atoms with Gasteiger partial charge in [-0.15, -0.1) is 0 Å². The van der Waals surface area contributed by atoms with Crippen molar-refractivity contribution in [1.29, 1.82) is 0 Å². The predicted molar refractivity (Wildman–Crippen MR) is 74.5 cm³/mol. The topological polar surface area (TPSA) is 67.4 Å². The Morgan fingerprint density at radius 2 is 1.78 bits per heavy atom.